The van der Waals surface area contributed by atoms with Crippen molar-refractivity contribution in [2.24, 2.45) is 5.73 Å². The van der Waals surface area contributed by atoms with E-state index in [0.717, 1.165) is 21.2 Å². The minimum atomic E-state index is -0.00312. The lowest BCUT2D eigenvalue weighted by atomic mass is 9.97. The smallest absolute Gasteiger partial charge is 0.258 e. The average molecular weight is 378 g/mol. The highest BCUT2D eigenvalue weighted by Crippen LogP contribution is 2.28. The number of nitrogens with two attached hydrogens (primary N) is 1. The van der Waals surface area contributed by atoms with Crippen molar-refractivity contribution in [2.45, 2.75) is 12.5 Å². The molecule has 1 atom stereocenters. The Balaban J connectivity index is 2.00. The summed E-state index contributed by atoms with van der Waals surface area (Å²) in [5.74, 6) is 0.0196. The largest absolute Gasteiger partial charge is 0.326 e. The van der Waals surface area contributed by atoms with Crippen LogP contribution in [0.25, 0.3) is 0 Å². The maximum Gasteiger partial charge on any atom is 0.258 e. The van der Waals surface area contributed by atoms with Crippen molar-refractivity contribution in [3.63, 3.8) is 0 Å². The van der Waals surface area contributed by atoms with Crippen molar-refractivity contribution in [3.8, 4) is 0 Å². The number of hydrogen-bond acceptors (Lipinski definition) is 2. The van der Waals surface area contributed by atoms with Gasteiger partial charge in [-0.3, -0.25) is 4.79 Å². The summed E-state index contributed by atoms with van der Waals surface area (Å²) in [5.41, 5.74) is 8.93. The topological polar surface area (TPSA) is 46.3 Å². The van der Waals surface area contributed by atoms with Gasteiger partial charge >= 0.3 is 0 Å². The summed E-state index contributed by atoms with van der Waals surface area (Å²) >= 11 is 2.22. The molecule has 0 aromatic heterocycles. The number of carbonyl (C=O) groups excluding carboxylic acids is 1. The number of halogens is 1. The van der Waals surface area contributed by atoms with Crippen LogP contribution in [0.2, 0.25) is 0 Å². The Morgan fingerprint density at radius 3 is 2.80 bits per heavy atom. The molecule has 0 fully saturated rings. The molecular weight excluding hydrogens is 363 g/mol. The van der Waals surface area contributed by atoms with Gasteiger partial charge in [0.2, 0.25) is 0 Å². The van der Waals surface area contributed by atoms with Gasteiger partial charge in [0.05, 0.1) is 0 Å². The summed E-state index contributed by atoms with van der Waals surface area (Å²) in [7, 11) is 0. The first-order valence-corrected chi connectivity index (χ1v) is 7.64. The third-order valence-corrected chi connectivity index (χ3v) is 4.17. The average Bonchev–Trinajstić information content (AvgIpc) is 2.45. The van der Waals surface area contributed by atoms with E-state index < -0.39 is 0 Å². The molecule has 0 saturated heterocycles. The van der Waals surface area contributed by atoms with Gasteiger partial charge in [-0.05, 0) is 58.8 Å². The number of benzene rings is 2. The van der Waals surface area contributed by atoms with Crippen LogP contribution in [0.3, 0.4) is 0 Å². The SMILES string of the molecule is NC1Cc2ccccc2N(C(=O)c2cccc(I)c2)C1. The molecule has 1 aliphatic rings. The number of fused-ring (bicyclic) bond motifs is 1. The van der Waals surface area contributed by atoms with E-state index in [1.165, 1.54) is 0 Å². The Hall–Kier alpha value is -1.40. The Labute approximate surface area is 131 Å². The van der Waals surface area contributed by atoms with Gasteiger partial charge in [0.1, 0.15) is 0 Å². The maximum absolute atomic E-state index is 12.7. The Kier molecular flexibility index (Phi) is 3.76. The molecule has 0 bridgehead atoms. The molecule has 1 unspecified atom stereocenters. The summed E-state index contributed by atoms with van der Waals surface area (Å²) < 4.78 is 1.06. The highest BCUT2D eigenvalue weighted by Gasteiger charge is 2.27. The normalized spacial score (nSPS) is 17.7. The number of carbonyl (C=O) groups is 1. The zero-order valence-electron chi connectivity index (χ0n) is 10.9. The van der Waals surface area contributed by atoms with Crippen molar-refractivity contribution in [1.82, 2.24) is 0 Å². The fourth-order valence-electron chi connectivity index (χ4n) is 2.60. The van der Waals surface area contributed by atoms with E-state index >= 15 is 0 Å². The van der Waals surface area contributed by atoms with Gasteiger partial charge in [0.15, 0.2) is 0 Å². The zero-order chi connectivity index (χ0) is 14.1. The molecule has 1 amide bonds. The molecular formula is C16H15IN2O. The van der Waals surface area contributed by atoms with E-state index in [0.29, 0.717) is 12.1 Å². The molecule has 3 nitrogen and oxygen atoms in total. The first-order valence-electron chi connectivity index (χ1n) is 6.56. The Morgan fingerprint density at radius 1 is 1.20 bits per heavy atom. The molecule has 0 aliphatic carbocycles. The summed E-state index contributed by atoms with van der Waals surface area (Å²) in [6.45, 7) is 0.571. The number of anilines is 1. The second-order valence-corrected chi connectivity index (χ2v) is 6.26. The number of para-hydroxylation sites is 1. The molecule has 3 rings (SSSR count). The molecule has 102 valence electrons. The molecule has 0 saturated carbocycles. The van der Waals surface area contributed by atoms with Crippen molar-refractivity contribution >= 4 is 34.2 Å². The highest BCUT2D eigenvalue weighted by molar-refractivity contribution is 14.1. The van der Waals surface area contributed by atoms with Crippen molar-refractivity contribution < 1.29 is 4.79 Å². The standard InChI is InChI=1S/C16H15IN2O/c17-13-6-3-5-12(8-13)16(20)19-10-14(18)9-11-4-1-2-7-15(11)19/h1-8,14H,9-10,18H2. The van der Waals surface area contributed by atoms with E-state index in [-0.39, 0.29) is 11.9 Å². The number of amides is 1. The van der Waals surface area contributed by atoms with E-state index in [1.807, 2.05) is 48.5 Å². The van der Waals surface area contributed by atoms with Gasteiger partial charge < -0.3 is 10.6 Å². The van der Waals surface area contributed by atoms with Gasteiger partial charge in [-0.1, -0.05) is 24.3 Å². The molecule has 4 heteroatoms. The zero-order valence-corrected chi connectivity index (χ0v) is 13.1. The quantitative estimate of drug-likeness (QED) is 0.776. The van der Waals surface area contributed by atoms with Crippen LogP contribution < -0.4 is 10.6 Å². The number of nitrogens with zero attached hydrogens (tertiary/aromatic N) is 1. The predicted octanol–water partition coefficient (Wildman–Crippen LogP) is 2.82. The molecule has 2 aromatic carbocycles. The van der Waals surface area contributed by atoms with Gasteiger partial charge in [-0.2, -0.15) is 0 Å². The third-order valence-electron chi connectivity index (χ3n) is 3.50. The monoisotopic (exact) mass is 378 g/mol. The van der Waals surface area contributed by atoms with Crippen LogP contribution in [-0.2, 0) is 6.42 Å². The summed E-state index contributed by atoms with van der Waals surface area (Å²) in [6.07, 6.45) is 0.826. The lowest BCUT2D eigenvalue weighted by Crippen LogP contribution is -2.46. The lowest BCUT2D eigenvalue weighted by Gasteiger charge is -2.33. The van der Waals surface area contributed by atoms with Crippen molar-refractivity contribution in [2.75, 3.05) is 11.4 Å². The van der Waals surface area contributed by atoms with Crippen LogP contribution in [0, 0.1) is 3.57 Å². The molecule has 20 heavy (non-hydrogen) atoms. The minimum Gasteiger partial charge on any atom is -0.326 e. The van der Waals surface area contributed by atoms with Crippen LogP contribution in [0.5, 0.6) is 0 Å². The van der Waals surface area contributed by atoms with E-state index in [9.17, 15) is 4.79 Å². The maximum atomic E-state index is 12.7. The molecule has 1 aliphatic heterocycles. The fourth-order valence-corrected chi connectivity index (χ4v) is 3.14. The van der Waals surface area contributed by atoms with Crippen LogP contribution in [0.4, 0.5) is 5.69 Å². The molecule has 0 radical (unpaired) electrons. The number of rotatable bonds is 1. The van der Waals surface area contributed by atoms with Gasteiger partial charge in [-0.25, -0.2) is 0 Å². The molecule has 2 aromatic rings. The van der Waals surface area contributed by atoms with E-state index in [4.69, 9.17) is 5.73 Å². The van der Waals surface area contributed by atoms with Crippen molar-refractivity contribution in [3.05, 3.63) is 63.2 Å². The second kappa shape index (κ2) is 5.54. The third kappa shape index (κ3) is 2.58. The van der Waals surface area contributed by atoms with Crippen molar-refractivity contribution in [1.29, 1.82) is 0 Å². The minimum absolute atomic E-state index is 0.00312. The van der Waals surface area contributed by atoms with E-state index in [2.05, 4.69) is 22.6 Å². The van der Waals surface area contributed by atoms with Crippen LogP contribution >= 0.6 is 22.6 Å². The van der Waals surface area contributed by atoms with Crippen LogP contribution in [-0.4, -0.2) is 18.5 Å². The van der Waals surface area contributed by atoms with Gasteiger partial charge in [-0.15, -0.1) is 0 Å². The number of hydrogen-bond donors (Lipinski definition) is 1. The van der Waals surface area contributed by atoms with Crippen LogP contribution in [0.15, 0.2) is 48.5 Å². The van der Waals surface area contributed by atoms with Gasteiger partial charge in [0.25, 0.3) is 5.91 Å². The molecule has 1 heterocycles. The first-order chi connectivity index (χ1) is 9.65. The second-order valence-electron chi connectivity index (χ2n) is 5.02. The van der Waals surface area contributed by atoms with E-state index in [1.54, 1.807) is 4.90 Å². The summed E-state index contributed by atoms with van der Waals surface area (Å²) in [5, 5.41) is 0. The Morgan fingerprint density at radius 2 is 2.00 bits per heavy atom. The highest BCUT2D eigenvalue weighted by atomic mass is 127. The van der Waals surface area contributed by atoms with Crippen LogP contribution in [0.1, 0.15) is 15.9 Å². The molecule has 0 spiro atoms. The predicted molar refractivity (Wildman–Crippen MR) is 89.0 cm³/mol. The first kappa shape index (κ1) is 13.6. The lowest BCUT2D eigenvalue weighted by molar-refractivity contribution is 0.0983. The Bertz CT molecular complexity index is 656. The van der Waals surface area contributed by atoms with Gasteiger partial charge in [0, 0.05) is 27.4 Å². The summed E-state index contributed by atoms with van der Waals surface area (Å²) in [6, 6.07) is 15.6. The molecule has 2 N–H and O–H groups in total. The fraction of sp³-hybridized carbons (Fsp3) is 0.188. The summed E-state index contributed by atoms with van der Waals surface area (Å²) in [4.78, 5) is 14.5.